The minimum Gasteiger partial charge on any atom is -0.326 e. The van der Waals surface area contributed by atoms with Crippen LogP contribution in [0, 0.1) is 5.92 Å². The van der Waals surface area contributed by atoms with Gasteiger partial charge in [0.25, 0.3) is 5.91 Å². The first-order valence-electron chi connectivity index (χ1n) is 6.39. The van der Waals surface area contributed by atoms with Crippen LogP contribution in [0.3, 0.4) is 0 Å². The molecule has 20 heavy (non-hydrogen) atoms. The Hall–Kier alpha value is -2.44. The average Bonchev–Trinajstić information content (AvgIpc) is 2.97. The summed E-state index contributed by atoms with van der Waals surface area (Å²) in [4.78, 5) is 25.3. The number of nitrogens with zero attached hydrogens (tertiary/aromatic N) is 3. The molecule has 1 aliphatic heterocycles. The van der Waals surface area contributed by atoms with Crippen LogP contribution >= 0.6 is 0 Å². The molecule has 7 heteroatoms. The molecule has 1 saturated heterocycles. The second-order valence-corrected chi connectivity index (χ2v) is 5.18. The van der Waals surface area contributed by atoms with Crippen molar-refractivity contribution < 1.29 is 14.2 Å². The molecule has 2 aromatic rings. The Morgan fingerprint density at radius 2 is 2.05 bits per heavy atom. The lowest BCUT2D eigenvalue weighted by molar-refractivity contribution is -0.128. The zero-order chi connectivity index (χ0) is 14.3. The monoisotopic (exact) mass is 274 g/mol. The Morgan fingerprint density at radius 1 is 1.30 bits per heavy atom. The van der Waals surface area contributed by atoms with Crippen LogP contribution in [0.15, 0.2) is 22.8 Å². The largest absolute Gasteiger partial charge is 0.326 e. The van der Waals surface area contributed by atoms with Crippen molar-refractivity contribution in [2.45, 2.75) is 26.4 Å². The Kier molecular flexibility index (Phi) is 2.89. The molecule has 0 radical (unpaired) electrons. The topological polar surface area (TPSA) is 88.3 Å². The summed E-state index contributed by atoms with van der Waals surface area (Å²) in [5.74, 6) is -0.123. The Morgan fingerprint density at radius 3 is 2.75 bits per heavy atom. The summed E-state index contributed by atoms with van der Waals surface area (Å²) in [6, 6.07) is 4.51. The summed E-state index contributed by atoms with van der Waals surface area (Å²) < 4.78 is 4.62. The number of nitrogens with one attached hydrogen (secondary N) is 1. The normalized spacial score (nSPS) is 19.1. The third-order valence-electron chi connectivity index (χ3n) is 3.38. The highest BCUT2D eigenvalue weighted by atomic mass is 16.6. The van der Waals surface area contributed by atoms with Gasteiger partial charge >= 0.3 is 6.03 Å². The number of fused-ring (bicyclic) bond motifs is 1. The first-order valence-corrected chi connectivity index (χ1v) is 6.39. The lowest BCUT2D eigenvalue weighted by atomic mass is 10.0. The maximum absolute atomic E-state index is 12.2. The van der Waals surface area contributed by atoms with Crippen molar-refractivity contribution in [3.63, 3.8) is 0 Å². The fourth-order valence-electron chi connectivity index (χ4n) is 2.25. The minimum atomic E-state index is -0.444. The maximum Gasteiger partial charge on any atom is 0.325 e. The predicted molar refractivity (Wildman–Crippen MR) is 69.5 cm³/mol. The van der Waals surface area contributed by atoms with Crippen molar-refractivity contribution in [3.05, 3.63) is 23.8 Å². The van der Waals surface area contributed by atoms with E-state index in [0.29, 0.717) is 11.0 Å². The lowest BCUT2D eigenvalue weighted by Crippen LogP contribution is -2.34. The molecule has 1 atom stereocenters. The van der Waals surface area contributed by atoms with Crippen molar-refractivity contribution in [1.82, 2.24) is 20.5 Å². The van der Waals surface area contributed by atoms with Crippen LogP contribution in [0.2, 0.25) is 0 Å². The molecule has 3 amide bonds. The fourth-order valence-corrected chi connectivity index (χ4v) is 2.25. The molecule has 0 bridgehead atoms. The summed E-state index contributed by atoms with van der Waals surface area (Å²) >= 11 is 0. The first-order chi connectivity index (χ1) is 9.56. The van der Waals surface area contributed by atoms with Crippen molar-refractivity contribution >= 4 is 23.0 Å². The molecule has 1 aromatic carbocycles. The van der Waals surface area contributed by atoms with E-state index >= 15 is 0 Å². The lowest BCUT2D eigenvalue weighted by Gasteiger charge is -2.14. The number of benzene rings is 1. The van der Waals surface area contributed by atoms with Gasteiger partial charge in [-0.2, -0.15) is 0 Å². The predicted octanol–water partition coefficient (Wildman–Crippen LogP) is 1.30. The van der Waals surface area contributed by atoms with Gasteiger partial charge in [-0.25, -0.2) is 9.42 Å². The van der Waals surface area contributed by atoms with E-state index in [-0.39, 0.29) is 24.4 Å². The standard InChI is InChI=1S/C13H14N4O3/c1-7(2)11-12(18)17(13(19)14-11)6-8-3-4-9-10(5-8)16-20-15-9/h3-5,7,11H,6H2,1-2H3,(H,14,19). The highest BCUT2D eigenvalue weighted by Gasteiger charge is 2.39. The number of carbonyl (C=O) groups excluding carboxylic acids is 2. The smallest absolute Gasteiger partial charge is 0.325 e. The number of rotatable bonds is 3. The van der Waals surface area contributed by atoms with Gasteiger partial charge in [0, 0.05) is 0 Å². The van der Waals surface area contributed by atoms with Gasteiger partial charge in [0.2, 0.25) is 0 Å². The zero-order valence-corrected chi connectivity index (χ0v) is 11.2. The van der Waals surface area contributed by atoms with Gasteiger partial charge in [-0.05, 0) is 33.9 Å². The number of amides is 3. The summed E-state index contributed by atoms with van der Waals surface area (Å²) in [5, 5.41) is 10.2. The second-order valence-electron chi connectivity index (χ2n) is 5.18. The molecular formula is C13H14N4O3. The van der Waals surface area contributed by atoms with Gasteiger partial charge in [-0.15, -0.1) is 0 Å². The summed E-state index contributed by atoms with van der Waals surface area (Å²) in [7, 11) is 0. The molecule has 104 valence electrons. The molecule has 1 aliphatic rings. The first kappa shape index (κ1) is 12.6. The average molecular weight is 274 g/mol. The molecule has 0 aliphatic carbocycles. The van der Waals surface area contributed by atoms with Crippen molar-refractivity contribution in [2.75, 3.05) is 0 Å². The van der Waals surface area contributed by atoms with E-state index in [1.54, 1.807) is 18.2 Å². The van der Waals surface area contributed by atoms with Gasteiger partial charge in [-0.1, -0.05) is 19.9 Å². The van der Waals surface area contributed by atoms with E-state index in [4.69, 9.17) is 0 Å². The molecule has 7 nitrogen and oxygen atoms in total. The SMILES string of the molecule is CC(C)C1NC(=O)N(Cc2ccc3nonc3c2)C1=O. The quantitative estimate of drug-likeness (QED) is 0.852. The van der Waals surface area contributed by atoms with Crippen molar-refractivity contribution in [1.29, 1.82) is 0 Å². The second kappa shape index (κ2) is 4.59. The van der Waals surface area contributed by atoms with Crippen LogP contribution in [-0.4, -0.2) is 33.2 Å². The number of urea groups is 1. The zero-order valence-electron chi connectivity index (χ0n) is 11.2. The molecule has 0 spiro atoms. The summed E-state index contributed by atoms with van der Waals surface area (Å²) in [5.41, 5.74) is 2.06. The Labute approximate surface area is 114 Å². The Bertz CT molecular complexity index is 679. The van der Waals surface area contributed by atoms with Crippen molar-refractivity contribution in [2.24, 2.45) is 5.92 Å². The van der Waals surface area contributed by atoms with Gasteiger partial charge in [0.15, 0.2) is 0 Å². The maximum atomic E-state index is 12.2. The van der Waals surface area contributed by atoms with Crippen LogP contribution in [0.1, 0.15) is 19.4 Å². The third-order valence-corrected chi connectivity index (χ3v) is 3.38. The number of hydrogen-bond donors (Lipinski definition) is 1. The molecule has 3 rings (SSSR count). The van der Waals surface area contributed by atoms with Gasteiger partial charge < -0.3 is 5.32 Å². The number of aromatic nitrogens is 2. The van der Waals surface area contributed by atoms with E-state index in [0.717, 1.165) is 5.56 Å². The summed E-state index contributed by atoms with van der Waals surface area (Å²) in [6.07, 6.45) is 0. The van der Waals surface area contributed by atoms with Gasteiger partial charge in [-0.3, -0.25) is 9.69 Å². The molecular weight excluding hydrogens is 260 g/mol. The number of hydrogen-bond acceptors (Lipinski definition) is 5. The fraction of sp³-hybridized carbons (Fsp3) is 0.385. The van der Waals surface area contributed by atoms with E-state index in [9.17, 15) is 9.59 Å². The molecule has 1 fully saturated rings. The third kappa shape index (κ3) is 2.01. The molecule has 0 saturated carbocycles. The molecule has 2 heterocycles. The van der Waals surface area contributed by atoms with E-state index in [2.05, 4.69) is 20.3 Å². The van der Waals surface area contributed by atoms with Crippen LogP contribution < -0.4 is 5.32 Å². The van der Waals surface area contributed by atoms with Crippen molar-refractivity contribution in [3.8, 4) is 0 Å². The highest BCUT2D eigenvalue weighted by Crippen LogP contribution is 2.18. The van der Waals surface area contributed by atoms with Crippen LogP contribution in [0.4, 0.5) is 4.79 Å². The highest BCUT2D eigenvalue weighted by molar-refractivity contribution is 6.04. The molecule has 1 aromatic heterocycles. The minimum absolute atomic E-state index is 0.0682. The molecule has 1 unspecified atom stereocenters. The van der Waals surface area contributed by atoms with E-state index in [1.165, 1.54) is 4.90 Å². The van der Waals surface area contributed by atoms with Crippen LogP contribution in [0.5, 0.6) is 0 Å². The Balaban J connectivity index is 1.83. The van der Waals surface area contributed by atoms with E-state index in [1.807, 2.05) is 13.8 Å². The van der Waals surface area contributed by atoms with Crippen LogP contribution in [0.25, 0.3) is 11.0 Å². The summed E-state index contributed by atoms with van der Waals surface area (Å²) in [6.45, 7) is 4.02. The molecule has 1 N–H and O–H groups in total. The van der Waals surface area contributed by atoms with Crippen LogP contribution in [-0.2, 0) is 11.3 Å². The van der Waals surface area contributed by atoms with Gasteiger partial charge in [0.1, 0.15) is 17.1 Å². The number of imide groups is 1. The van der Waals surface area contributed by atoms with E-state index < -0.39 is 6.04 Å². The van der Waals surface area contributed by atoms with Gasteiger partial charge in [0.05, 0.1) is 6.54 Å². The number of carbonyl (C=O) groups is 2.